The molecule has 0 N–H and O–H groups in total. The first-order valence-corrected chi connectivity index (χ1v) is 21.0. The number of benzene rings is 5. The van der Waals surface area contributed by atoms with Crippen molar-refractivity contribution in [2.75, 3.05) is 9.80 Å². The summed E-state index contributed by atoms with van der Waals surface area (Å²) < 4.78 is 5.20. The number of hydrogen-bond donors (Lipinski definition) is 0. The van der Waals surface area contributed by atoms with E-state index in [1.54, 1.807) is 0 Å². The molecule has 0 radical (unpaired) electrons. The minimum atomic E-state index is 0.0954. The molecule has 13 rings (SSSR count). The summed E-state index contributed by atoms with van der Waals surface area (Å²) in [6, 6.07) is 52.4. The summed E-state index contributed by atoms with van der Waals surface area (Å²) >= 11 is 1.93. The van der Waals surface area contributed by atoms with Crippen LogP contribution in [0.1, 0.15) is 70.0 Å². The average Bonchev–Trinajstić information content (AvgIpc) is 4.09. The number of fused-ring (bicyclic) bond motifs is 14. The molecule has 272 valence electrons. The Morgan fingerprint density at radius 2 is 1.05 bits per heavy atom. The van der Waals surface area contributed by atoms with Gasteiger partial charge in [-0.1, -0.05) is 140 Å². The number of aromatic nitrogens is 2. The van der Waals surface area contributed by atoms with Gasteiger partial charge in [-0.2, -0.15) is 0 Å². The lowest BCUT2D eigenvalue weighted by atomic mass is 9.86. The van der Waals surface area contributed by atoms with E-state index in [9.17, 15) is 0 Å². The predicted octanol–water partition coefficient (Wildman–Crippen LogP) is 13.7. The number of nitrogens with zero attached hydrogens (tertiary/aromatic N) is 4. The van der Waals surface area contributed by atoms with Crippen LogP contribution in [-0.2, 0) is 0 Å². The molecule has 5 heterocycles. The second-order valence-electron chi connectivity index (χ2n) is 15.9. The molecule has 0 bridgehead atoms. The number of rotatable bonds is 4. The Morgan fingerprint density at radius 1 is 0.491 bits per heavy atom. The summed E-state index contributed by atoms with van der Waals surface area (Å²) in [5, 5.41) is 5.18. The molecule has 5 heteroatoms. The van der Waals surface area contributed by atoms with Crippen molar-refractivity contribution >= 4 is 66.7 Å². The van der Waals surface area contributed by atoms with Crippen molar-refractivity contribution in [1.29, 1.82) is 0 Å². The first-order valence-electron chi connectivity index (χ1n) is 20.2. The van der Waals surface area contributed by atoms with Crippen molar-refractivity contribution in [3.63, 3.8) is 0 Å². The van der Waals surface area contributed by atoms with Crippen LogP contribution in [0.5, 0.6) is 0 Å². The third kappa shape index (κ3) is 4.32. The van der Waals surface area contributed by atoms with E-state index in [-0.39, 0.29) is 30.0 Å². The lowest BCUT2D eigenvalue weighted by Crippen LogP contribution is -2.27. The van der Waals surface area contributed by atoms with E-state index in [0.717, 1.165) is 6.42 Å². The lowest BCUT2D eigenvalue weighted by Gasteiger charge is -2.34. The minimum Gasteiger partial charge on any atom is -0.335 e. The Morgan fingerprint density at radius 3 is 1.72 bits per heavy atom. The number of anilines is 4. The van der Waals surface area contributed by atoms with Crippen LogP contribution in [0, 0.1) is 0 Å². The highest BCUT2D eigenvalue weighted by molar-refractivity contribution is 7.20. The van der Waals surface area contributed by atoms with Gasteiger partial charge in [0.2, 0.25) is 0 Å². The number of para-hydroxylation sites is 5. The van der Waals surface area contributed by atoms with Crippen LogP contribution in [-0.4, -0.2) is 9.13 Å². The van der Waals surface area contributed by atoms with Gasteiger partial charge in [-0.3, -0.25) is 0 Å². The van der Waals surface area contributed by atoms with Gasteiger partial charge in [-0.05, 0) is 66.1 Å². The summed E-state index contributed by atoms with van der Waals surface area (Å²) in [6.07, 6.45) is 19.9. The van der Waals surface area contributed by atoms with Crippen LogP contribution in [0.4, 0.5) is 21.4 Å². The fraction of sp³-hybridized carbons (Fsp3) is 0.115. The number of allylic oxidation sites excluding steroid dienone is 4. The van der Waals surface area contributed by atoms with Gasteiger partial charge >= 0.3 is 0 Å². The van der Waals surface area contributed by atoms with Crippen LogP contribution in [0.15, 0.2) is 176 Å². The van der Waals surface area contributed by atoms with Crippen LogP contribution in [0.25, 0.3) is 39.6 Å². The average molecular weight is 751 g/mol. The maximum Gasteiger partial charge on any atom is 0.0981 e. The Kier molecular flexibility index (Phi) is 6.64. The summed E-state index contributed by atoms with van der Waals surface area (Å²) in [5.41, 5.74) is 14.6. The largest absolute Gasteiger partial charge is 0.335 e. The van der Waals surface area contributed by atoms with Crippen LogP contribution >= 0.6 is 11.3 Å². The van der Waals surface area contributed by atoms with Gasteiger partial charge in [-0.25, -0.2) is 0 Å². The van der Waals surface area contributed by atoms with Crippen molar-refractivity contribution in [2.24, 2.45) is 0 Å². The zero-order chi connectivity index (χ0) is 37.2. The second-order valence-corrected chi connectivity index (χ2v) is 17.0. The molecule has 0 spiro atoms. The van der Waals surface area contributed by atoms with E-state index in [2.05, 4.69) is 207 Å². The molecule has 57 heavy (non-hydrogen) atoms. The molecule has 2 aliphatic heterocycles. The summed E-state index contributed by atoms with van der Waals surface area (Å²) in [4.78, 5) is 5.34. The molecule has 0 saturated carbocycles. The zero-order valence-electron chi connectivity index (χ0n) is 31.2. The van der Waals surface area contributed by atoms with Crippen LogP contribution in [0.3, 0.4) is 0 Å². The van der Waals surface area contributed by atoms with Crippen molar-refractivity contribution in [3.05, 3.63) is 210 Å². The molecule has 3 aliphatic carbocycles. The van der Waals surface area contributed by atoms with Crippen molar-refractivity contribution in [2.45, 2.75) is 36.4 Å². The normalized spacial score (nSPS) is 22.1. The van der Waals surface area contributed by atoms with E-state index >= 15 is 0 Å². The number of hydrogen-bond acceptors (Lipinski definition) is 3. The summed E-state index contributed by atoms with van der Waals surface area (Å²) in [6.45, 7) is 0. The van der Waals surface area contributed by atoms with Crippen molar-refractivity contribution in [3.8, 4) is 5.69 Å². The number of thiophene rings is 1. The van der Waals surface area contributed by atoms with Crippen LogP contribution < -0.4 is 9.80 Å². The van der Waals surface area contributed by atoms with E-state index in [1.807, 2.05) is 11.3 Å². The minimum absolute atomic E-state index is 0.0954. The summed E-state index contributed by atoms with van der Waals surface area (Å²) in [5.74, 6) is 0.470. The Balaban J connectivity index is 1.01. The predicted molar refractivity (Wildman–Crippen MR) is 238 cm³/mol. The Labute approximate surface area is 335 Å². The maximum atomic E-state index is 2.68. The first kappa shape index (κ1) is 31.6. The van der Waals surface area contributed by atoms with Crippen molar-refractivity contribution in [1.82, 2.24) is 9.13 Å². The molecule has 4 nitrogen and oxygen atoms in total. The highest BCUT2D eigenvalue weighted by Crippen LogP contribution is 2.62. The monoisotopic (exact) mass is 750 g/mol. The van der Waals surface area contributed by atoms with E-state index in [4.69, 9.17) is 0 Å². The van der Waals surface area contributed by atoms with Gasteiger partial charge < -0.3 is 18.9 Å². The third-order valence-corrected chi connectivity index (χ3v) is 14.2. The first-order chi connectivity index (χ1) is 28.3. The van der Waals surface area contributed by atoms with Crippen molar-refractivity contribution < 1.29 is 0 Å². The Bertz CT molecular complexity index is 3060. The molecule has 0 saturated heterocycles. The highest BCUT2D eigenvalue weighted by Gasteiger charge is 2.47. The molecule has 0 amide bonds. The van der Waals surface area contributed by atoms with Crippen LogP contribution in [0.2, 0.25) is 0 Å². The van der Waals surface area contributed by atoms with Gasteiger partial charge in [0.25, 0.3) is 0 Å². The molecule has 3 aromatic heterocycles. The van der Waals surface area contributed by atoms with E-state index in [1.165, 1.54) is 82.5 Å². The SMILES string of the molecule is C1=CCC(n2c3c(c4ccccc42)C=CC2c4ccccc4N(c4ccc(N5c6ccccc6C6C=Cc7c(n(-c8ccccc8)c8ccccc78)C65)s4)C32)C=C1. The van der Waals surface area contributed by atoms with Gasteiger partial charge in [-0.15, -0.1) is 11.3 Å². The highest BCUT2D eigenvalue weighted by atomic mass is 32.1. The van der Waals surface area contributed by atoms with E-state index in [0.29, 0.717) is 0 Å². The van der Waals surface area contributed by atoms with Gasteiger partial charge in [0, 0.05) is 56.3 Å². The molecule has 5 atom stereocenters. The smallest absolute Gasteiger partial charge is 0.0981 e. The van der Waals surface area contributed by atoms with Gasteiger partial charge in [0.15, 0.2) is 0 Å². The fourth-order valence-electron chi connectivity index (χ4n) is 10.9. The lowest BCUT2D eigenvalue weighted by molar-refractivity contribution is 0.546. The third-order valence-electron chi connectivity index (χ3n) is 13.1. The molecule has 5 aromatic carbocycles. The van der Waals surface area contributed by atoms with E-state index < -0.39 is 0 Å². The molecular formula is C52H38N4S. The maximum absolute atomic E-state index is 2.68. The zero-order valence-corrected chi connectivity index (χ0v) is 32.0. The fourth-order valence-corrected chi connectivity index (χ4v) is 12.0. The molecule has 0 fully saturated rings. The quantitative estimate of drug-likeness (QED) is 0.178. The molecule has 5 aliphatic rings. The summed E-state index contributed by atoms with van der Waals surface area (Å²) in [7, 11) is 0. The Hall–Kier alpha value is -6.56. The molecular weight excluding hydrogens is 713 g/mol. The topological polar surface area (TPSA) is 16.3 Å². The second kappa shape index (κ2) is 12.0. The van der Waals surface area contributed by atoms with Gasteiger partial charge in [0.1, 0.15) is 0 Å². The molecule has 8 aromatic rings. The molecule has 5 unspecified atom stereocenters. The van der Waals surface area contributed by atoms with Gasteiger partial charge in [0.05, 0.1) is 45.0 Å². The standard InChI is InChI=1S/C52H38N4S/c1-3-15-33(16-4-1)53-43-23-11-7-19-35(43)39-27-29-41-37-21-9-13-25-45(37)55(51(41)49(39)53)47-31-32-48(57-47)56-46-26-14-10-22-38(46)42-30-28-40-36-20-8-12-24-44(36)54(50(40)52(42)56)34-17-5-2-6-18-34/h1-17,19-32,34,41-42,51-52H,18H2.